The third-order valence-corrected chi connectivity index (χ3v) is 3.02. The molecule has 0 amide bonds. The van der Waals surface area contributed by atoms with Gasteiger partial charge in [0.2, 0.25) is 5.88 Å². The highest BCUT2D eigenvalue weighted by atomic mass is 16.5. The van der Waals surface area contributed by atoms with Crippen LogP contribution < -0.4 is 4.74 Å². The number of hydrogen-bond acceptors (Lipinski definition) is 2. The molecule has 0 atom stereocenters. The Morgan fingerprint density at radius 1 is 1.40 bits per heavy atom. The molecule has 3 rings (SSSR count). The molecule has 2 aromatic rings. The molecule has 0 saturated heterocycles. The number of aromatic nitrogens is 2. The summed E-state index contributed by atoms with van der Waals surface area (Å²) in [5.74, 6) is 1.50. The SMILES string of the molecule is COc1ccc(C)c2cc(C3CC3)nn12. The van der Waals surface area contributed by atoms with Gasteiger partial charge in [0.05, 0.1) is 18.3 Å². The second kappa shape index (κ2) is 2.99. The van der Waals surface area contributed by atoms with Crippen LogP contribution in [0.5, 0.6) is 5.88 Å². The number of rotatable bonds is 2. The standard InChI is InChI=1S/C12H14N2O/c1-8-3-6-12(15-2)14-11(8)7-10(13-14)9-4-5-9/h3,6-7,9H,4-5H2,1-2H3. The molecule has 1 aliphatic carbocycles. The van der Waals surface area contributed by atoms with E-state index in [0.717, 1.165) is 11.4 Å². The van der Waals surface area contributed by atoms with E-state index in [1.165, 1.54) is 24.1 Å². The number of ether oxygens (including phenoxy) is 1. The van der Waals surface area contributed by atoms with E-state index in [1.807, 2.05) is 10.6 Å². The lowest BCUT2D eigenvalue weighted by Crippen LogP contribution is -1.96. The maximum atomic E-state index is 5.30. The Hall–Kier alpha value is -1.51. The number of aryl methyl sites for hydroxylation is 1. The normalized spacial score (nSPS) is 15.9. The van der Waals surface area contributed by atoms with E-state index in [4.69, 9.17) is 4.74 Å². The second-order valence-corrected chi connectivity index (χ2v) is 4.20. The maximum absolute atomic E-state index is 5.30. The lowest BCUT2D eigenvalue weighted by molar-refractivity contribution is 0.385. The Morgan fingerprint density at radius 3 is 2.87 bits per heavy atom. The summed E-state index contributed by atoms with van der Waals surface area (Å²) in [5.41, 5.74) is 3.62. The fraction of sp³-hybridized carbons (Fsp3) is 0.417. The Kier molecular flexibility index (Phi) is 1.75. The van der Waals surface area contributed by atoms with E-state index in [0.29, 0.717) is 5.92 Å². The predicted octanol–water partition coefficient (Wildman–Crippen LogP) is 2.53. The molecule has 2 heterocycles. The van der Waals surface area contributed by atoms with Crippen molar-refractivity contribution in [2.24, 2.45) is 0 Å². The van der Waals surface area contributed by atoms with Gasteiger partial charge >= 0.3 is 0 Å². The molecule has 0 spiro atoms. The molecule has 0 radical (unpaired) electrons. The number of methoxy groups -OCH3 is 1. The Bertz CT molecular complexity index is 512. The zero-order chi connectivity index (χ0) is 10.4. The van der Waals surface area contributed by atoms with E-state index < -0.39 is 0 Å². The van der Waals surface area contributed by atoms with E-state index >= 15 is 0 Å². The van der Waals surface area contributed by atoms with Crippen LogP contribution in [0.1, 0.15) is 30.0 Å². The summed E-state index contributed by atoms with van der Waals surface area (Å²) in [4.78, 5) is 0. The first-order valence-electron chi connectivity index (χ1n) is 5.33. The molecule has 0 aliphatic heterocycles. The molecule has 0 unspecified atom stereocenters. The van der Waals surface area contributed by atoms with Crippen LogP contribution in [0.4, 0.5) is 0 Å². The second-order valence-electron chi connectivity index (χ2n) is 4.20. The zero-order valence-corrected chi connectivity index (χ0v) is 9.03. The number of nitrogens with zero attached hydrogens (tertiary/aromatic N) is 2. The van der Waals surface area contributed by atoms with Crippen molar-refractivity contribution in [2.75, 3.05) is 7.11 Å². The average molecular weight is 202 g/mol. The van der Waals surface area contributed by atoms with Gasteiger partial charge in [-0.2, -0.15) is 5.10 Å². The smallest absolute Gasteiger partial charge is 0.214 e. The van der Waals surface area contributed by atoms with Crippen molar-refractivity contribution in [3.63, 3.8) is 0 Å². The van der Waals surface area contributed by atoms with Gasteiger partial charge in [-0.1, -0.05) is 6.07 Å². The minimum absolute atomic E-state index is 0.689. The molecule has 15 heavy (non-hydrogen) atoms. The van der Waals surface area contributed by atoms with Gasteiger partial charge in [-0.25, -0.2) is 4.52 Å². The highest BCUT2D eigenvalue weighted by molar-refractivity contribution is 5.57. The van der Waals surface area contributed by atoms with Gasteiger partial charge in [-0.15, -0.1) is 0 Å². The number of fused-ring (bicyclic) bond motifs is 1. The van der Waals surface area contributed by atoms with Crippen LogP contribution in [0, 0.1) is 6.92 Å². The van der Waals surface area contributed by atoms with E-state index in [1.54, 1.807) is 7.11 Å². The van der Waals surface area contributed by atoms with E-state index in [-0.39, 0.29) is 0 Å². The van der Waals surface area contributed by atoms with Crippen LogP contribution in [0.3, 0.4) is 0 Å². The Labute approximate surface area is 88.7 Å². The number of pyridine rings is 1. The lowest BCUT2D eigenvalue weighted by Gasteiger charge is -2.04. The molecule has 3 nitrogen and oxygen atoms in total. The molecule has 1 aliphatic rings. The largest absolute Gasteiger partial charge is 0.481 e. The summed E-state index contributed by atoms with van der Waals surface area (Å²) in [6.07, 6.45) is 2.57. The Morgan fingerprint density at radius 2 is 2.20 bits per heavy atom. The zero-order valence-electron chi connectivity index (χ0n) is 9.03. The first-order chi connectivity index (χ1) is 7.29. The molecule has 0 bridgehead atoms. The van der Waals surface area contributed by atoms with Gasteiger partial charge in [0.25, 0.3) is 0 Å². The summed E-state index contributed by atoms with van der Waals surface area (Å²) in [5, 5.41) is 4.60. The molecule has 1 saturated carbocycles. The molecule has 0 aromatic carbocycles. The van der Waals surface area contributed by atoms with Crippen LogP contribution >= 0.6 is 0 Å². The molecule has 1 fully saturated rings. The van der Waals surface area contributed by atoms with Gasteiger partial charge in [0, 0.05) is 12.0 Å². The van der Waals surface area contributed by atoms with Crippen molar-refractivity contribution < 1.29 is 4.74 Å². The Balaban J connectivity index is 2.25. The molecular weight excluding hydrogens is 188 g/mol. The number of hydrogen-bond donors (Lipinski definition) is 0. The van der Waals surface area contributed by atoms with Crippen molar-refractivity contribution in [2.45, 2.75) is 25.7 Å². The molecule has 0 N–H and O–H groups in total. The van der Waals surface area contributed by atoms with E-state index in [9.17, 15) is 0 Å². The van der Waals surface area contributed by atoms with Gasteiger partial charge in [-0.3, -0.25) is 0 Å². The predicted molar refractivity (Wildman–Crippen MR) is 58.5 cm³/mol. The van der Waals surface area contributed by atoms with E-state index in [2.05, 4.69) is 24.2 Å². The summed E-state index contributed by atoms with van der Waals surface area (Å²) < 4.78 is 7.20. The first-order valence-corrected chi connectivity index (χ1v) is 5.33. The highest BCUT2D eigenvalue weighted by Crippen LogP contribution is 2.40. The van der Waals surface area contributed by atoms with Crippen LogP contribution in [0.15, 0.2) is 18.2 Å². The fourth-order valence-electron chi connectivity index (χ4n) is 1.93. The fourth-order valence-corrected chi connectivity index (χ4v) is 1.93. The maximum Gasteiger partial charge on any atom is 0.214 e. The topological polar surface area (TPSA) is 26.5 Å². The van der Waals surface area contributed by atoms with Crippen molar-refractivity contribution in [3.8, 4) is 5.88 Å². The highest BCUT2D eigenvalue weighted by Gasteiger charge is 2.26. The minimum atomic E-state index is 0.689. The van der Waals surface area contributed by atoms with Crippen LogP contribution in [0.25, 0.3) is 5.52 Å². The van der Waals surface area contributed by atoms with Gasteiger partial charge in [0.15, 0.2) is 0 Å². The quantitative estimate of drug-likeness (QED) is 0.748. The summed E-state index contributed by atoms with van der Waals surface area (Å²) in [7, 11) is 1.68. The summed E-state index contributed by atoms with van der Waals surface area (Å²) in [6, 6.07) is 6.23. The van der Waals surface area contributed by atoms with Crippen LogP contribution in [0.2, 0.25) is 0 Å². The monoisotopic (exact) mass is 202 g/mol. The summed E-state index contributed by atoms with van der Waals surface area (Å²) in [6.45, 7) is 2.10. The third-order valence-electron chi connectivity index (χ3n) is 3.02. The van der Waals surface area contributed by atoms with Gasteiger partial charge in [0.1, 0.15) is 0 Å². The summed E-state index contributed by atoms with van der Waals surface area (Å²) >= 11 is 0. The van der Waals surface area contributed by atoms with Crippen LogP contribution in [-0.4, -0.2) is 16.7 Å². The third kappa shape index (κ3) is 1.30. The van der Waals surface area contributed by atoms with Crippen molar-refractivity contribution in [1.29, 1.82) is 0 Å². The van der Waals surface area contributed by atoms with Crippen molar-refractivity contribution in [3.05, 3.63) is 29.5 Å². The molecule has 3 heteroatoms. The van der Waals surface area contributed by atoms with Gasteiger partial charge in [-0.05, 0) is 31.4 Å². The average Bonchev–Trinajstić information content (AvgIpc) is 2.99. The van der Waals surface area contributed by atoms with Crippen molar-refractivity contribution >= 4 is 5.52 Å². The first kappa shape index (κ1) is 8.77. The molecule has 78 valence electrons. The lowest BCUT2D eigenvalue weighted by atomic mass is 10.2. The minimum Gasteiger partial charge on any atom is -0.481 e. The molecule has 2 aromatic heterocycles. The van der Waals surface area contributed by atoms with Crippen LogP contribution in [-0.2, 0) is 0 Å². The van der Waals surface area contributed by atoms with Crippen molar-refractivity contribution in [1.82, 2.24) is 9.61 Å². The van der Waals surface area contributed by atoms with Gasteiger partial charge < -0.3 is 4.74 Å². The molecular formula is C12H14N2O.